The molecule has 2 aromatic rings. The van der Waals surface area contributed by atoms with Crippen LogP contribution in [0.15, 0.2) is 35.3 Å². The second-order valence-electron chi connectivity index (χ2n) is 8.74. The minimum Gasteiger partial charge on any atom is -0.507 e. The van der Waals surface area contributed by atoms with E-state index in [1.807, 2.05) is 0 Å². The zero-order valence-corrected chi connectivity index (χ0v) is 20.6. The highest BCUT2D eigenvalue weighted by molar-refractivity contribution is 6.00. The van der Waals surface area contributed by atoms with E-state index in [0.717, 1.165) is 11.6 Å². The SMILES string of the molecule is Cc1cc(C)c(O)c(C(CC(=O)O)NC(=O)CNC(=O)c2cc(NC3=NCC(F)CN3)cc([N+](=O)[O-])c2)c1. The van der Waals surface area contributed by atoms with Crippen molar-refractivity contribution < 1.29 is 33.9 Å². The number of nitro benzene ring substituents is 1. The fraction of sp³-hybridized carbons (Fsp3) is 0.333. The first kappa shape index (κ1) is 27.8. The molecule has 38 heavy (non-hydrogen) atoms. The third-order valence-corrected chi connectivity index (χ3v) is 5.57. The summed E-state index contributed by atoms with van der Waals surface area (Å²) < 4.78 is 13.3. The van der Waals surface area contributed by atoms with Crippen LogP contribution >= 0.6 is 0 Å². The lowest BCUT2D eigenvalue weighted by Gasteiger charge is -2.20. The van der Waals surface area contributed by atoms with Crippen molar-refractivity contribution in [1.82, 2.24) is 16.0 Å². The quantitative estimate of drug-likeness (QED) is 0.206. The predicted molar refractivity (Wildman–Crippen MR) is 135 cm³/mol. The van der Waals surface area contributed by atoms with Crippen molar-refractivity contribution in [1.29, 1.82) is 0 Å². The zero-order chi connectivity index (χ0) is 28.0. The second kappa shape index (κ2) is 12.0. The van der Waals surface area contributed by atoms with E-state index in [4.69, 9.17) is 0 Å². The maximum absolute atomic E-state index is 13.3. The van der Waals surface area contributed by atoms with Crippen molar-refractivity contribution in [3.05, 3.63) is 62.7 Å². The van der Waals surface area contributed by atoms with Gasteiger partial charge in [0, 0.05) is 28.9 Å². The minimum atomic E-state index is -1.21. The number of carboxylic acid groups (broad SMARTS) is 1. The van der Waals surface area contributed by atoms with Crippen LogP contribution in [-0.4, -0.2) is 64.7 Å². The monoisotopic (exact) mass is 530 g/mol. The number of aryl methyl sites for hydroxylation is 2. The molecule has 14 heteroatoms. The summed E-state index contributed by atoms with van der Waals surface area (Å²) in [5, 5.41) is 41.4. The Kier molecular flexibility index (Phi) is 8.78. The van der Waals surface area contributed by atoms with Gasteiger partial charge >= 0.3 is 5.97 Å². The van der Waals surface area contributed by atoms with Crippen molar-refractivity contribution in [2.45, 2.75) is 32.5 Å². The normalized spacial score (nSPS) is 15.4. The number of alkyl halides is 1. The number of hydrogen-bond donors (Lipinski definition) is 6. The maximum atomic E-state index is 13.3. The molecule has 1 heterocycles. The van der Waals surface area contributed by atoms with Gasteiger partial charge in [-0.15, -0.1) is 0 Å². The Labute approximate surface area is 216 Å². The lowest BCUT2D eigenvalue weighted by atomic mass is 9.97. The number of nitro groups is 1. The van der Waals surface area contributed by atoms with Gasteiger partial charge in [-0.05, 0) is 25.5 Å². The fourth-order valence-electron chi connectivity index (χ4n) is 3.84. The van der Waals surface area contributed by atoms with Gasteiger partial charge in [0.1, 0.15) is 11.9 Å². The summed E-state index contributed by atoms with van der Waals surface area (Å²) in [6.45, 7) is 2.74. The summed E-state index contributed by atoms with van der Waals surface area (Å²) in [5.41, 5.74) is 1.08. The molecule has 2 aromatic carbocycles. The van der Waals surface area contributed by atoms with Crippen LogP contribution in [0.4, 0.5) is 15.8 Å². The van der Waals surface area contributed by atoms with Gasteiger partial charge in [-0.25, -0.2) is 9.38 Å². The topological polar surface area (TPSA) is 195 Å². The first-order valence-electron chi connectivity index (χ1n) is 11.5. The smallest absolute Gasteiger partial charge is 0.305 e. The number of hydrogen-bond acceptors (Lipinski definition) is 9. The van der Waals surface area contributed by atoms with Crippen LogP contribution in [-0.2, 0) is 9.59 Å². The van der Waals surface area contributed by atoms with Crippen LogP contribution in [0.3, 0.4) is 0 Å². The van der Waals surface area contributed by atoms with Crippen LogP contribution in [0.25, 0.3) is 0 Å². The molecule has 1 aliphatic heterocycles. The lowest BCUT2D eigenvalue weighted by Crippen LogP contribution is -2.41. The zero-order valence-electron chi connectivity index (χ0n) is 20.6. The molecule has 13 nitrogen and oxygen atoms in total. The number of aromatic hydroxyl groups is 1. The number of rotatable bonds is 9. The van der Waals surface area contributed by atoms with E-state index in [-0.39, 0.29) is 41.6 Å². The van der Waals surface area contributed by atoms with Crippen LogP contribution in [0.1, 0.15) is 39.5 Å². The van der Waals surface area contributed by atoms with Crippen molar-refractivity contribution in [3.8, 4) is 5.75 Å². The number of carbonyl (C=O) groups excluding carboxylic acids is 2. The van der Waals surface area contributed by atoms with Crippen LogP contribution in [0.5, 0.6) is 5.75 Å². The number of amides is 2. The molecule has 0 saturated carbocycles. The molecule has 0 aromatic heterocycles. The molecule has 1 aliphatic rings. The highest BCUT2D eigenvalue weighted by Crippen LogP contribution is 2.31. The Bertz CT molecular complexity index is 1300. The van der Waals surface area contributed by atoms with Crippen molar-refractivity contribution in [2.75, 3.05) is 25.0 Å². The number of non-ortho nitro benzene ring substituents is 1. The van der Waals surface area contributed by atoms with Gasteiger partial charge in [-0.2, -0.15) is 0 Å². The Morgan fingerprint density at radius 3 is 2.61 bits per heavy atom. The number of phenolic OH excluding ortho intramolecular Hbond substituents is 1. The van der Waals surface area contributed by atoms with Gasteiger partial charge in [0.05, 0.1) is 37.0 Å². The molecule has 2 atom stereocenters. The average molecular weight is 531 g/mol. The van der Waals surface area contributed by atoms with Gasteiger partial charge < -0.3 is 31.5 Å². The van der Waals surface area contributed by atoms with E-state index in [1.54, 1.807) is 26.0 Å². The number of nitrogens with one attached hydrogen (secondary N) is 4. The fourth-order valence-corrected chi connectivity index (χ4v) is 3.84. The third-order valence-electron chi connectivity index (χ3n) is 5.57. The maximum Gasteiger partial charge on any atom is 0.305 e. The Hall–Kier alpha value is -4.75. The number of phenols is 1. The molecule has 2 amide bonds. The molecule has 0 spiro atoms. The molecule has 0 bridgehead atoms. The van der Waals surface area contributed by atoms with Gasteiger partial charge in [-0.1, -0.05) is 17.7 Å². The van der Waals surface area contributed by atoms with Crippen LogP contribution in [0.2, 0.25) is 0 Å². The number of carbonyl (C=O) groups is 3. The number of aliphatic carboxylic acids is 1. The Morgan fingerprint density at radius 2 is 1.97 bits per heavy atom. The Morgan fingerprint density at radius 1 is 1.24 bits per heavy atom. The van der Waals surface area contributed by atoms with Gasteiger partial charge in [0.2, 0.25) is 5.91 Å². The number of benzene rings is 2. The van der Waals surface area contributed by atoms with Gasteiger partial charge in [-0.3, -0.25) is 24.5 Å². The van der Waals surface area contributed by atoms with Crippen LogP contribution < -0.4 is 21.3 Å². The van der Waals surface area contributed by atoms with Crippen molar-refractivity contribution in [3.63, 3.8) is 0 Å². The molecule has 3 rings (SSSR count). The molecule has 6 N–H and O–H groups in total. The molecule has 202 valence electrons. The second-order valence-corrected chi connectivity index (χ2v) is 8.74. The summed E-state index contributed by atoms with van der Waals surface area (Å²) >= 11 is 0. The van der Waals surface area contributed by atoms with Gasteiger partial charge in [0.25, 0.3) is 11.6 Å². The van der Waals surface area contributed by atoms with E-state index in [0.29, 0.717) is 5.56 Å². The van der Waals surface area contributed by atoms with E-state index in [9.17, 15) is 39.1 Å². The number of carboxylic acids is 1. The molecular weight excluding hydrogens is 503 g/mol. The first-order valence-corrected chi connectivity index (χ1v) is 11.5. The van der Waals surface area contributed by atoms with Crippen molar-refractivity contribution >= 4 is 35.1 Å². The van der Waals surface area contributed by atoms with E-state index in [1.165, 1.54) is 12.1 Å². The van der Waals surface area contributed by atoms with E-state index < -0.39 is 53.6 Å². The van der Waals surface area contributed by atoms with Gasteiger partial charge in [0.15, 0.2) is 5.96 Å². The molecule has 0 radical (unpaired) electrons. The minimum absolute atomic E-state index is 0.00593. The lowest BCUT2D eigenvalue weighted by molar-refractivity contribution is -0.384. The number of guanidine groups is 1. The summed E-state index contributed by atoms with van der Waals surface area (Å²) in [5.74, 6) is -2.73. The van der Waals surface area contributed by atoms with Crippen LogP contribution in [0, 0.1) is 24.0 Å². The number of anilines is 1. The van der Waals surface area contributed by atoms with E-state index >= 15 is 0 Å². The van der Waals surface area contributed by atoms with Crippen molar-refractivity contribution in [2.24, 2.45) is 4.99 Å². The summed E-state index contributed by atoms with van der Waals surface area (Å²) in [6, 6.07) is 5.68. The largest absolute Gasteiger partial charge is 0.507 e. The standard InChI is InChI=1S/C24H27FN6O7/c1-12-3-13(2)22(35)18(4-12)19(8-21(33)34)30-20(32)11-26-23(36)14-5-16(7-17(6-14)31(37)38)29-24-27-9-15(25)10-28-24/h3-7,15,19,35H,8-11H2,1-2H3,(H,26,36)(H,30,32)(H,33,34)(H2,27,28,29). The number of halogens is 1. The molecule has 0 fully saturated rings. The molecule has 2 unspecified atom stereocenters. The first-order chi connectivity index (χ1) is 17.9. The van der Waals surface area contributed by atoms with E-state index in [2.05, 4.69) is 26.3 Å². The molecule has 0 saturated heterocycles. The summed E-state index contributed by atoms with van der Waals surface area (Å²) in [7, 11) is 0. The highest BCUT2D eigenvalue weighted by atomic mass is 19.1. The molecular formula is C24H27FN6O7. The summed E-state index contributed by atoms with van der Waals surface area (Å²) in [6.07, 6.45) is -1.68. The average Bonchev–Trinajstić information content (AvgIpc) is 2.85. The predicted octanol–water partition coefficient (Wildman–Crippen LogP) is 1.69. The Balaban J connectivity index is 1.72. The summed E-state index contributed by atoms with van der Waals surface area (Å²) in [4.78, 5) is 51.3. The molecule has 0 aliphatic carbocycles. The number of nitrogens with zero attached hydrogens (tertiary/aromatic N) is 2. The highest BCUT2D eigenvalue weighted by Gasteiger charge is 2.23. The number of aliphatic imine (C=N–C) groups is 1. The third kappa shape index (κ3) is 7.38.